The number of nitrogens with zero attached hydrogens (tertiary/aromatic N) is 1. The summed E-state index contributed by atoms with van der Waals surface area (Å²) in [5.41, 5.74) is 1.08. The molecule has 124 valence electrons. The molecule has 0 radical (unpaired) electrons. The SMILES string of the molecule is O=C(O)c1ccc(Oc2ncccc2C(=O)Nc2ccccc2)cc1. The van der Waals surface area contributed by atoms with Gasteiger partial charge in [0.15, 0.2) is 0 Å². The number of amides is 1. The van der Waals surface area contributed by atoms with E-state index in [-0.39, 0.29) is 22.9 Å². The van der Waals surface area contributed by atoms with Gasteiger partial charge in [0.1, 0.15) is 11.3 Å². The van der Waals surface area contributed by atoms with Gasteiger partial charge in [0.2, 0.25) is 5.88 Å². The van der Waals surface area contributed by atoms with Crippen LogP contribution in [-0.2, 0) is 0 Å². The van der Waals surface area contributed by atoms with Crippen LogP contribution in [0.2, 0.25) is 0 Å². The number of carboxylic acid groups (broad SMARTS) is 1. The lowest BCUT2D eigenvalue weighted by molar-refractivity contribution is 0.0696. The number of hydrogen-bond acceptors (Lipinski definition) is 4. The molecule has 0 fully saturated rings. The molecule has 0 aliphatic rings. The zero-order chi connectivity index (χ0) is 17.6. The normalized spacial score (nSPS) is 10.1. The molecule has 3 rings (SSSR count). The Kier molecular flexibility index (Phi) is 4.71. The van der Waals surface area contributed by atoms with E-state index in [0.29, 0.717) is 11.4 Å². The van der Waals surface area contributed by atoms with E-state index in [1.165, 1.54) is 30.5 Å². The van der Waals surface area contributed by atoms with Gasteiger partial charge in [-0.25, -0.2) is 9.78 Å². The summed E-state index contributed by atoms with van der Waals surface area (Å²) in [7, 11) is 0. The topological polar surface area (TPSA) is 88.5 Å². The fraction of sp³-hybridized carbons (Fsp3) is 0. The molecule has 1 heterocycles. The standard InChI is InChI=1S/C19H14N2O4/c22-17(21-14-5-2-1-3-6-14)16-7-4-12-20-18(16)25-15-10-8-13(9-11-15)19(23)24/h1-12H,(H,21,22)(H,23,24). The molecule has 1 amide bonds. The maximum atomic E-state index is 12.5. The quantitative estimate of drug-likeness (QED) is 0.740. The molecule has 0 aliphatic carbocycles. The highest BCUT2D eigenvalue weighted by molar-refractivity contribution is 6.05. The molecule has 6 nitrogen and oxygen atoms in total. The fourth-order valence-corrected chi connectivity index (χ4v) is 2.14. The number of benzene rings is 2. The molecule has 6 heteroatoms. The molecular formula is C19H14N2O4. The second kappa shape index (κ2) is 7.27. The first kappa shape index (κ1) is 16.2. The van der Waals surface area contributed by atoms with E-state index < -0.39 is 5.97 Å². The largest absolute Gasteiger partial charge is 0.478 e. The summed E-state index contributed by atoms with van der Waals surface area (Å²) in [4.78, 5) is 27.4. The molecule has 0 aliphatic heterocycles. The lowest BCUT2D eigenvalue weighted by Gasteiger charge is -2.10. The number of para-hydroxylation sites is 1. The highest BCUT2D eigenvalue weighted by Crippen LogP contribution is 2.24. The number of ether oxygens (including phenoxy) is 1. The van der Waals surface area contributed by atoms with Crippen molar-refractivity contribution < 1.29 is 19.4 Å². The summed E-state index contributed by atoms with van der Waals surface area (Å²) < 4.78 is 5.64. The third-order valence-corrected chi connectivity index (χ3v) is 3.36. The molecule has 1 aromatic heterocycles. The monoisotopic (exact) mass is 334 g/mol. The lowest BCUT2D eigenvalue weighted by Crippen LogP contribution is -2.13. The Bertz CT molecular complexity index is 893. The van der Waals surface area contributed by atoms with E-state index in [9.17, 15) is 9.59 Å². The molecule has 0 saturated carbocycles. The van der Waals surface area contributed by atoms with Crippen LogP contribution in [0.3, 0.4) is 0 Å². The van der Waals surface area contributed by atoms with Crippen molar-refractivity contribution in [1.29, 1.82) is 0 Å². The number of carbonyl (C=O) groups excluding carboxylic acids is 1. The van der Waals surface area contributed by atoms with Crippen LogP contribution >= 0.6 is 0 Å². The number of carbonyl (C=O) groups is 2. The summed E-state index contributed by atoms with van der Waals surface area (Å²) in [6.07, 6.45) is 1.51. The Morgan fingerprint density at radius 3 is 2.32 bits per heavy atom. The zero-order valence-corrected chi connectivity index (χ0v) is 13.0. The van der Waals surface area contributed by atoms with Crippen LogP contribution in [0.15, 0.2) is 72.9 Å². The second-order valence-electron chi connectivity index (χ2n) is 5.11. The molecule has 0 atom stereocenters. The highest BCUT2D eigenvalue weighted by atomic mass is 16.5. The molecule has 0 unspecified atom stereocenters. The second-order valence-corrected chi connectivity index (χ2v) is 5.11. The van der Waals surface area contributed by atoms with Gasteiger partial charge in [0.25, 0.3) is 5.91 Å². The van der Waals surface area contributed by atoms with Gasteiger partial charge in [-0.2, -0.15) is 0 Å². The number of hydrogen-bond donors (Lipinski definition) is 2. The Hall–Kier alpha value is -3.67. The molecule has 3 aromatic rings. The zero-order valence-electron chi connectivity index (χ0n) is 13.0. The third-order valence-electron chi connectivity index (χ3n) is 3.36. The Balaban J connectivity index is 1.81. The minimum atomic E-state index is -1.02. The van der Waals surface area contributed by atoms with Crippen LogP contribution in [0.4, 0.5) is 5.69 Å². The summed E-state index contributed by atoms with van der Waals surface area (Å²) >= 11 is 0. The lowest BCUT2D eigenvalue weighted by atomic mass is 10.2. The summed E-state index contributed by atoms with van der Waals surface area (Å²) in [5, 5.41) is 11.7. The van der Waals surface area contributed by atoms with Gasteiger partial charge in [0, 0.05) is 11.9 Å². The maximum absolute atomic E-state index is 12.5. The number of rotatable bonds is 5. The first-order valence-electron chi connectivity index (χ1n) is 7.46. The smallest absolute Gasteiger partial charge is 0.335 e. The third kappa shape index (κ3) is 4.00. The van der Waals surface area contributed by atoms with Crippen LogP contribution in [0.1, 0.15) is 20.7 Å². The number of anilines is 1. The van der Waals surface area contributed by atoms with Gasteiger partial charge in [-0.1, -0.05) is 18.2 Å². The van der Waals surface area contributed by atoms with Gasteiger partial charge in [-0.15, -0.1) is 0 Å². The van der Waals surface area contributed by atoms with E-state index in [0.717, 1.165) is 0 Å². The van der Waals surface area contributed by atoms with Gasteiger partial charge in [0.05, 0.1) is 5.56 Å². The summed E-state index contributed by atoms with van der Waals surface area (Å²) in [5.74, 6) is -0.847. The predicted molar refractivity (Wildman–Crippen MR) is 92.1 cm³/mol. The number of carboxylic acids is 1. The average Bonchev–Trinajstić information content (AvgIpc) is 2.63. The van der Waals surface area contributed by atoms with Crippen molar-refractivity contribution >= 4 is 17.6 Å². The van der Waals surface area contributed by atoms with E-state index >= 15 is 0 Å². The van der Waals surface area contributed by atoms with Crippen molar-refractivity contribution in [3.05, 3.63) is 84.1 Å². The van der Waals surface area contributed by atoms with Gasteiger partial charge in [-0.3, -0.25) is 4.79 Å². The first-order valence-corrected chi connectivity index (χ1v) is 7.46. The van der Waals surface area contributed by atoms with E-state index in [2.05, 4.69) is 10.3 Å². The molecule has 0 spiro atoms. The number of aromatic carboxylic acids is 1. The van der Waals surface area contributed by atoms with E-state index in [1.807, 2.05) is 18.2 Å². The van der Waals surface area contributed by atoms with E-state index in [4.69, 9.17) is 9.84 Å². The molecular weight excluding hydrogens is 320 g/mol. The van der Waals surface area contributed by atoms with Crippen LogP contribution in [0.25, 0.3) is 0 Å². The molecule has 0 saturated heterocycles. The van der Waals surface area contributed by atoms with Gasteiger partial charge in [-0.05, 0) is 48.5 Å². The highest BCUT2D eigenvalue weighted by Gasteiger charge is 2.14. The van der Waals surface area contributed by atoms with Crippen molar-refractivity contribution in [2.24, 2.45) is 0 Å². The van der Waals surface area contributed by atoms with Gasteiger partial charge >= 0.3 is 5.97 Å². The van der Waals surface area contributed by atoms with Gasteiger partial charge < -0.3 is 15.2 Å². The minimum absolute atomic E-state index is 0.138. The molecule has 25 heavy (non-hydrogen) atoms. The van der Waals surface area contributed by atoms with Crippen molar-refractivity contribution in [2.45, 2.75) is 0 Å². The Morgan fingerprint density at radius 1 is 0.920 bits per heavy atom. The van der Waals surface area contributed by atoms with E-state index in [1.54, 1.807) is 24.3 Å². The Labute approximate surface area is 143 Å². The fourth-order valence-electron chi connectivity index (χ4n) is 2.14. The Morgan fingerprint density at radius 2 is 1.64 bits per heavy atom. The minimum Gasteiger partial charge on any atom is -0.478 e. The molecule has 2 aromatic carbocycles. The number of aromatic nitrogens is 1. The first-order chi connectivity index (χ1) is 12.1. The predicted octanol–water partition coefficient (Wildman–Crippen LogP) is 3.82. The average molecular weight is 334 g/mol. The molecule has 0 bridgehead atoms. The van der Waals surface area contributed by atoms with Crippen LogP contribution in [0.5, 0.6) is 11.6 Å². The van der Waals surface area contributed by atoms with Crippen LogP contribution in [0, 0.1) is 0 Å². The van der Waals surface area contributed by atoms with Crippen LogP contribution < -0.4 is 10.1 Å². The van der Waals surface area contributed by atoms with Crippen molar-refractivity contribution in [2.75, 3.05) is 5.32 Å². The number of pyridine rings is 1. The van der Waals surface area contributed by atoms with Crippen LogP contribution in [-0.4, -0.2) is 22.0 Å². The molecule has 2 N–H and O–H groups in total. The number of nitrogens with one attached hydrogen (secondary N) is 1. The maximum Gasteiger partial charge on any atom is 0.335 e. The van der Waals surface area contributed by atoms with Crippen molar-refractivity contribution in [1.82, 2.24) is 4.98 Å². The summed E-state index contributed by atoms with van der Waals surface area (Å²) in [6, 6.07) is 18.2. The van der Waals surface area contributed by atoms with Crippen molar-refractivity contribution in [3.8, 4) is 11.6 Å². The summed E-state index contributed by atoms with van der Waals surface area (Å²) in [6.45, 7) is 0. The van der Waals surface area contributed by atoms with Crippen molar-refractivity contribution in [3.63, 3.8) is 0 Å².